The zero-order valence-electron chi connectivity index (χ0n) is 15.9. The Morgan fingerprint density at radius 1 is 1.24 bits per heavy atom. The molecule has 2 aromatic heterocycles. The molecular weight excluding hydrogens is 396 g/mol. The Kier molecular flexibility index (Phi) is 5.05. The van der Waals surface area contributed by atoms with Crippen LogP contribution in [0.15, 0.2) is 39.8 Å². The molecule has 3 N–H and O–H groups in total. The van der Waals surface area contributed by atoms with Crippen LogP contribution in [-0.4, -0.2) is 29.3 Å². The number of anilines is 1. The first-order valence-corrected chi connectivity index (χ1v) is 10.9. The largest absolute Gasteiger partial charge is 0.451 e. The summed E-state index contributed by atoms with van der Waals surface area (Å²) in [6.07, 6.45) is 7.11. The lowest BCUT2D eigenvalue weighted by Crippen LogP contribution is -2.17. The zero-order valence-corrected chi connectivity index (χ0v) is 16.7. The number of benzene rings is 1. The van der Waals surface area contributed by atoms with Crippen LogP contribution in [-0.2, 0) is 17.1 Å². The Bertz CT molecular complexity index is 1160. The Morgan fingerprint density at radius 2 is 2.00 bits per heavy atom. The van der Waals surface area contributed by atoms with Crippen LogP contribution < -0.4 is 10.2 Å². The molecule has 0 spiro atoms. The Balaban J connectivity index is 1.65. The summed E-state index contributed by atoms with van der Waals surface area (Å²) in [5.74, 6) is -0.678. The molecule has 1 aromatic carbocycles. The lowest BCUT2D eigenvalue weighted by Gasteiger charge is -2.21. The van der Waals surface area contributed by atoms with Crippen molar-refractivity contribution >= 4 is 32.6 Å². The average molecular weight is 418 g/mol. The number of hydroxylamine groups is 1. The number of carbonyl (C=O) groups is 1. The van der Waals surface area contributed by atoms with Gasteiger partial charge >= 0.3 is 5.91 Å². The summed E-state index contributed by atoms with van der Waals surface area (Å²) in [6, 6.07) is 5.76. The minimum atomic E-state index is -3.88. The molecule has 1 saturated carbocycles. The number of fused-ring (bicyclic) bond motifs is 1. The van der Waals surface area contributed by atoms with Crippen molar-refractivity contribution in [3.8, 4) is 0 Å². The SMILES string of the molecule is Cn1cc(NS(=O)(=O)c2ccc3cc(C(=O)NO)oc3c2)c(C2CCCCC2)n1. The van der Waals surface area contributed by atoms with Crippen molar-refractivity contribution < 1.29 is 22.8 Å². The molecule has 0 radical (unpaired) electrons. The van der Waals surface area contributed by atoms with Gasteiger partial charge in [0, 0.05) is 30.6 Å². The lowest BCUT2D eigenvalue weighted by atomic mass is 9.86. The third-order valence-electron chi connectivity index (χ3n) is 5.22. The number of amides is 1. The van der Waals surface area contributed by atoms with Gasteiger partial charge in [-0.25, -0.2) is 13.9 Å². The molecule has 0 unspecified atom stereocenters. The summed E-state index contributed by atoms with van der Waals surface area (Å²) in [7, 11) is -2.11. The van der Waals surface area contributed by atoms with Gasteiger partial charge in [-0.15, -0.1) is 0 Å². The Morgan fingerprint density at radius 3 is 2.72 bits per heavy atom. The first-order valence-electron chi connectivity index (χ1n) is 9.42. The van der Waals surface area contributed by atoms with Crippen LogP contribution in [0.25, 0.3) is 11.0 Å². The topological polar surface area (TPSA) is 126 Å². The van der Waals surface area contributed by atoms with Gasteiger partial charge in [0.15, 0.2) is 5.76 Å². The lowest BCUT2D eigenvalue weighted by molar-refractivity contribution is 0.0678. The zero-order chi connectivity index (χ0) is 20.6. The van der Waals surface area contributed by atoms with Gasteiger partial charge in [0.25, 0.3) is 10.0 Å². The number of carbonyl (C=O) groups excluding carboxylic acids is 1. The van der Waals surface area contributed by atoms with Crippen molar-refractivity contribution in [2.24, 2.45) is 7.05 Å². The molecule has 154 valence electrons. The van der Waals surface area contributed by atoms with E-state index in [2.05, 4.69) is 9.82 Å². The molecule has 9 nitrogen and oxygen atoms in total. The maximum atomic E-state index is 13.0. The molecule has 3 aromatic rings. The average Bonchev–Trinajstić information content (AvgIpc) is 3.30. The number of nitrogens with one attached hydrogen (secondary N) is 2. The Hall–Kier alpha value is -2.85. The van der Waals surface area contributed by atoms with E-state index in [1.165, 1.54) is 30.1 Å². The maximum absolute atomic E-state index is 13.0. The molecular formula is C19H22N4O5S. The second kappa shape index (κ2) is 7.53. The van der Waals surface area contributed by atoms with Crippen LogP contribution in [0.3, 0.4) is 0 Å². The molecule has 1 fully saturated rings. The summed E-state index contributed by atoms with van der Waals surface area (Å²) in [5.41, 5.74) is 2.97. The summed E-state index contributed by atoms with van der Waals surface area (Å²) >= 11 is 0. The van der Waals surface area contributed by atoms with E-state index in [9.17, 15) is 13.2 Å². The van der Waals surface area contributed by atoms with Crippen molar-refractivity contribution in [3.05, 3.63) is 41.9 Å². The van der Waals surface area contributed by atoms with E-state index >= 15 is 0 Å². The molecule has 0 bridgehead atoms. The number of furan rings is 1. The normalized spacial score (nSPS) is 15.5. The summed E-state index contributed by atoms with van der Waals surface area (Å²) in [5, 5.41) is 13.8. The van der Waals surface area contributed by atoms with Gasteiger partial charge in [0.05, 0.1) is 16.3 Å². The van der Waals surface area contributed by atoms with Crippen LogP contribution in [0.1, 0.15) is 54.3 Å². The number of hydrogen-bond acceptors (Lipinski definition) is 6. The number of aryl methyl sites for hydroxylation is 1. The minimum Gasteiger partial charge on any atom is -0.451 e. The van der Waals surface area contributed by atoms with Crippen LogP contribution in [0.5, 0.6) is 0 Å². The van der Waals surface area contributed by atoms with Crippen LogP contribution in [0.4, 0.5) is 5.69 Å². The maximum Gasteiger partial charge on any atom is 0.310 e. The number of nitrogens with zero attached hydrogens (tertiary/aromatic N) is 2. The third-order valence-corrected chi connectivity index (χ3v) is 6.58. The van der Waals surface area contributed by atoms with E-state index in [0.717, 1.165) is 31.4 Å². The number of aromatic nitrogens is 2. The van der Waals surface area contributed by atoms with Crippen LogP contribution in [0, 0.1) is 0 Å². The van der Waals surface area contributed by atoms with E-state index < -0.39 is 15.9 Å². The Labute approximate surface area is 167 Å². The van der Waals surface area contributed by atoms with Gasteiger partial charge in [-0.1, -0.05) is 19.3 Å². The van der Waals surface area contributed by atoms with E-state index in [-0.39, 0.29) is 22.2 Å². The fraction of sp³-hybridized carbons (Fsp3) is 0.368. The van der Waals surface area contributed by atoms with Gasteiger partial charge in [-0.3, -0.25) is 19.4 Å². The van der Waals surface area contributed by atoms with Gasteiger partial charge < -0.3 is 4.42 Å². The van der Waals surface area contributed by atoms with Crippen molar-refractivity contribution in [1.82, 2.24) is 15.3 Å². The van der Waals surface area contributed by atoms with Gasteiger partial charge in [0.2, 0.25) is 0 Å². The van der Waals surface area contributed by atoms with E-state index in [0.29, 0.717) is 11.1 Å². The predicted molar refractivity (Wildman–Crippen MR) is 105 cm³/mol. The highest BCUT2D eigenvalue weighted by Gasteiger charge is 2.25. The molecule has 10 heteroatoms. The molecule has 1 amide bonds. The standard InChI is InChI=1S/C19H22N4O5S/c1-23-11-15(18(20-23)12-5-3-2-4-6-12)22-29(26,27)14-8-7-13-9-17(19(24)21-25)28-16(13)10-14/h7-12,22,25H,2-6H2,1H3,(H,21,24). The smallest absolute Gasteiger partial charge is 0.310 e. The van der Waals surface area contributed by atoms with Gasteiger partial charge in [0.1, 0.15) is 5.58 Å². The number of hydrogen-bond donors (Lipinski definition) is 3. The van der Waals surface area contributed by atoms with Crippen LogP contribution in [0.2, 0.25) is 0 Å². The fourth-order valence-electron chi connectivity index (χ4n) is 3.81. The molecule has 29 heavy (non-hydrogen) atoms. The van der Waals surface area contributed by atoms with E-state index in [1.807, 2.05) is 0 Å². The molecule has 1 aliphatic rings. The minimum absolute atomic E-state index is 0.00811. The van der Waals surface area contributed by atoms with Gasteiger partial charge in [-0.05, 0) is 31.0 Å². The first kappa shape index (κ1) is 19.5. The molecule has 1 aliphatic carbocycles. The summed E-state index contributed by atoms with van der Waals surface area (Å²) in [4.78, 5) is 11.5. The molecule has 2 heterocycles. The van der Waals surface area contributed by atoms with Crippen molar-refractivity contribution in [3.63, 3.8) is 0 Å². The highest BCUT2D eigenvalue weighted by molar-refractivity contribution is 7.92. The molecule has 0 atom stereocenters. The highest BCUT2D eigenvalue weighted by Crippen LogP contribution is 2.36. The van der Waals surface area contributed by atoms with E-state index in [1.54, 1.807) is 24.0 Å². The summed E-state index contributed by atoms with van der Waals surface area (Å²) < 4.78 is 35.6. The highest BCUT2D eigenvalue weighted by atomic mass is 32.2. The summed E-state index contributed by atoms with van der Waals surface area (Å²) in [6.45, 7) is 0. The van der Waals surface area contributed by atoms with Gasteiger partial charge in [-0.2, -0.15) is 5.10 Å². The quantitative estimate of drug-likeness (QED) is 0.432. The predicted octanol–water partition coefficient (Wildman–Crippen LogP) is 3.13. The van der Waals surface area contributed by atoms with Crippen molar-refractivity contribution in [1.29, 1.82) is 0 Å². The molecule has 0 aliphatic heterocycles. The molecule has 4 rings (SSSR count). The number of rotatable bonds is 5. The first-order chi connectivity index (χ1) is 13.9. The van der Waals surface area contributed by atoms with E-state index in [4.69, 9.17) is 9.62 Å². The van der Waals surface area contributed by atoms with Crippen molar-refractivity contribution in [2.75, 3.05) is 4.72 Å². The monoisotopic (exact) mass is 418 g/mol. The number of sulfonamides is 1. The third kappa shape index (κ3) is 3.85. The second-order valence-corrected chi connectivity index (χ2v) is 8.98. The second-order valence-electron chi connectivity index (χ2n) is 7.29. The molecule has 0 saturated heterocycles. The van der Waals surface area contributed by atoms with Crippen LogP contribution >= 0.6 is 0 Å². The van der Waals surface area contributed by atoms with Crippen molar-refractivity contribution in [2.45, 2.75) is 42.9 Å². The fourth-order valence-corrected chi connectivity index (χ4v) is 4.89.